The topological polar surface area (TPSA) is 54.7 Å². The van der Waals surface area contributed by atoms with Gasteiger partial charge in [-0.15, -0.1) is 0 Å². The number of benzene rings is 1. The number of anilines is 1. The Morgan fingerprint density at radius 2 is 1.89 bits per heavy atom. The minimum atomic E-state index is -0.253. The summed E-state index contributed by atoms with van der Waals surface area (Å²) in [6.45, 7) is 6.38. The summed E-state index contributed by atoms with van der Waals surface area (Å²) in [6.07, 6.45) is 0.961. The van der Waals surface area contributed by atoms with E-state index in [0.717, 1.165) is 23.2 Å². The molecule has 0 saturated carbocycles. The summed E-state index contributed by atoms with van der Waals surface area (Å²) in [6, 6.07) is 6.33. The van der Waals surface area contributed by atoms with E-state index in [-0.39, 0.29) is 11.2 Å². The minimum absolute atomic E-state index is 0.0473. The maximum absolute atomic E-state index is 13.0. The molecule has 0 atom stereocenters. The van der Waals surface area contributed by atoms with Crippen LogP contribution in [-0.4, -0.2) is 10.2 Å². The molecule has 0 radical (unpaired) electrons. The number of rotatable bonds is 3. The molecule has 18 heavy (non-hydrogen) atoms. The van der Waals surface area contributed by atoms with Gasteiger partial charge in [-0.3, -0.25) is 5.10 Å². The lowest BCUT2D eigenvalue weighted by Crippen LogP contribution is -2.17. The first kappa shape index (κ1) is 12.6. The van der Waals surface area contributed by atoms with Crippen LogP contribution in [0.3, 0.4) is 0 Å². The SMILES string of the molecule is CCC(C)(C)c1[nH]nc(N)c1-c1ccc(F)cc1. The molecule has 0 aliphatic rings. The molecule has 1 heterocycles. The molecule has 96 valence electrons. The highest BCUT2D eigenvalue weighted by Gasteiger charge is 2.26. The van der Waals surface area contributed by atoms with Crippen molar-refractivity contribution in [2.45, 2.75) is 32.6 Å². The van der Waals surface area contributed by atoms with Crippen molar-refractivity contribution in [2.75, 3.05) is 5.73 Å². The largest absolute Gasteiger partial charge is 0.382 e. The number of hydrogen-bond donors (Lipinski definition) is 2. The highest BCUT2D eigenvalue weighted by Crippen LogP contribution is 2.36. The molecule has 3 N–H and O–H groups in total. The lowest BCUT2D eigenvalue weighted by Gasteiger charge is -2.22. The summed E-state index contributed by atoms with van der Waals surface area (Å²) >= 11 is 0. The second-order valence-electron chi connectivity index (χ2n) is 5.10. The summed E-state index contributed by atoms with van der Waals surface area (Å²) in [5.74, 6) is 0.204. The van der Waals surface area contributed by atoms with Crippen molar-refractivity contribution in [2.24, 2.45) is 0 Å². The summed E-state index contributed by atoms with van der Waals surface area (Å²) in [4.78, 5) is 0. The summed E-state index contributed by atoms with van der Waals surface area (Å²) in [5.41, 5.74) is 8.64. The van der Waals surface area contributed by atoms with Gasteiger partial charge in [-0.2, -0.15) is 5.10 Å². The number of nitrogens with zero attached hydrogens (tertiary/aromatic N) is 1. The third-order valence-corrected chi connectivity index (χ3v) is 3.49. The Hall–Kier alpha value is -1.84. The van der Waals surface area contributed by atoms with Crippen molar-refractivity contribution in [3.05, 3.63) is 35.8 Å². The van der Waals surface area contributed by atoms with Crippen molar-refractivity contribution in [3.63, 3.8) is 0 Å². The molecule has 0 aliphatic carbocycles. The number of H-pyrrole nitrogens is 1. The third-order valence-electron chi connectivity index (χ3n) is 3.49. The van der Waals surface area contributed by atoms with Crippen LogP contribution >= 0.6 is 0 Å². The average Bonchev–Trinajstić information content (AvgIpc) is 2.73. The Morgan fingerprint density at radius 1 is 1.28 bits per heavy atom. The smallest absolute Gasteiger partial charge is 0.153 e. The highest BCUT2D eigenvalue weighted by molar-refractivity contribution is 5.77. The molecule has 2 aromatic rings. The zero-order valence-electron chi connectivity index (χ0n) is 10.9. The Balaban J connectivity index is 2.57. The van der Waals surface area contributed by atoms with Crippen LogP contribution in [0.15, 0.2) is 24.3 Å². The number of nitrogens with one attached hydrogen (secondary N) is 1. The molecular formula is C14H18FN3. The molecule has 0 spiro atoms. The normalized spacial score (nSPS) is 11.8. The fourth-order valence-corrected chi connectivity index (χ4v) is 1.93. The fraction of sp³-hybridized carbons (Fsp3) is 0.357. The summed E-state index contributed by atoms with van der Waals surface area (Å²) < 4.78 is 13.0. The van der Waals surface area contributed by atoms with Crippen molar-refractivity contribution < 1.29 is 4.39 Å². The lowest BCUT2D eigenvalue weighted by atomic mass is 9.83. The molecule has 4 heteroatoms. The van der Waals surface area contributed by atoms with Gasteiger partial charge in [-0.05, 0) is 24.1 Å². The standard InChI is InChI=1S/C14H18FN3/c1-4-14(2,3)12-11(13(16)18-17-12)9-5-7-10(15)8-6-9/h5-8H,4H2,1-3H3,(H3,16,17,18). The van der Waals surface area contributed by atoms with Crippen LogP contribution in [0.4, 0.5) is 10.2 Å². The van der Waals surface area contributed by atoms with Crippen molar-refractivity contribution in [1.82, 2.24) is 10.2 Å². The van der Waals surface area contributed by atoms with E-state index >= 15 is 0 Å². The van der Waals surface area contributed by atoms with Crippen molar-refractivity contribution in [3.8, 4) is 11.1 Å². The molecule has 3 nitrogen and oxygen atoms in total. The molecule has 0 fully saturated rings. The average molecular weight is 247 g/mol. The van der Waals surface area contributed by atoms with E-state index in [9.17, 15) is 4.39 Å². The van der Waals surface area contributed by atoms with Crippen molar-refractivity contribution in [1.29, 1.82) is 0 Å². The quantitative estimate of drug-likeness (QED) is 0.872. The molecule has 0 unspecified atom stereocenters. The first-order chi connectivity index (χ1) is 8.45. The summed E-state index contributed by atoms with van der Waals surface area (Å²) in [5, 5.41) is 7.10. The second kappa shape index (κ2) is 4.44. The molecule has 2 rings (SSSR count). The maximum Gasteiger partial charge on any atom is 0.153 e. The zero-order valence-corrected chi connectivity index (χ0v) is 10.9. The maximum atomic E-state index is 13.0. The number of nitrogen functional groups attached to an aromatic ring is 1. The van der Waals surface area contributed by atoms with Crippen LogP contribution < -0.4 is 5.73 Å². The Bertz CT molecular complexity index is 541. The van der Waals surface area contributed by atoms with E-state index in [1.165, 1.54) is 12.1 Å². The monoisotopic (exact) mass is 247 g/mol. The van der Waals surface area contributed by atoms with E-state index in [1.54, 1.807) is 12.1 Å². The fourth-order valence-electron chi connectivity index (χ4n) is 1.93. The molecule has 0 aliphatic heterocycles. The Labute approximate surface area is 106 Å². The number of aromatic amines is 1. The predicted molar refractivity (Wildman–Crippen MR) is 71.7 cm³/mol. The van der Waals surface area contributed by atoms with E-state index < -0.39 is 0 Å². The van der Waals surface area contributed by atoms with E-state index in [0.29, 0.717) is 5.82 Å². The lowest BCUT2D eigenvalue weighted by molar-refractivity contribution is 0.490. The summed E-state index contributed by atoms with van der Waals surface area (Å²) in [7, 11) is 0. The van der Waals surface area contributed by atoms with Crippen LogP contribution in [-0.2, 0) is 5.41 Å². The first-order valence-corrected chi connectivity index (χ1v) is 6.06. The first-order valence-electron chi connectivity index (χ1n) is 6.06. The molecule has 0 saturated heterocycles. The Morgan fingerprint density at radius 3 is 2.44 bits per heavy atom. The van der Waals surface area contributed by atoms with E-state index in [2.05, 4.69) is 31.0 Å². The van der Waals surface area contributed by atoms with Gasteiger partial charge in [0.1, 0.15) is 5.82 Å². The van der Waals surface area contributed by atoms with Crippen LogP contribution in [0.2, 0.25) is 0 Å². The van der Waals surface area contributed by atoms with Crippen LogP contribution in [0.5, 0.6) is 0 Å². The second-order valence-corrected chi connectivity index (χ2v) is 5.10. The van der Waals surface area contributed by atoms with Gasteiger partial charge >= 0.3 is 0 Å². The molecule has 1 aromatic carbocycles. The minimum Gasteiger partial charge on any atom is -0.382 e. The van der Waals surface area contributed by atoms with Gasteiger partial charge in [-0.25, -0.2) is 4.39 Å². The van der Waals surface area contributed by atoms with Gasteiger partial charge in [0.05, 0.1) is 5.69 Å². The van der Waals surface area contributed by atoms with Gasteiger partial charge < -0.3 is 5.73 Å². The third kappa shape index (κ3) is 2.10. The predicted octanol–water partition coefficient (Wildman–Crippen LogP) is 3.49. The molecule has 1 aromatic heterocycles. The van der Waals surface area contributed by atoms with Gasteiger partial charge in [0.2, 0.25) is 0 Å². The van der Waals surface area contributed by atoms with E-state index in [1.807, 2.05) is 0 Å². The van der Waals surface area contributed by atoms with Crippen LogP contribution in [0.1, 0.15) is 32.9 Å². The number of nitrogens with two attached hydrogens (primary N) is 1. The van der Waals surface area contributed by atoms with Gasteiger partial charge in [0.15, 0.2) is 5.82 Å². The van der Waals surface area contributed by atoms with E-state index in [4.69, 9.17) is 5.73 Å². The number of hydrogen-bond acceptors (Lipinski definition) is 2. The Kier molecular flexibility index (Phi) is 3.11. The molecule has 0 bridgehead atoms. The van der Waals surface area contributed by atoms with Gasteiger partial charge in [-0.1, -0.05) is 32.9 Å². The van der Waals surface area contributed by atoms with Crippen LogP contribution in [0, 0.1) is 5.82 Å². The number of halogens is 1. The number of aromatic nitrogens is 2. The van der Waals surface area contributed by atoms with Gasteiger partial charge in [0, 0.05) is 11.0 Å². The highest BCUT2D eigenvalue weighted by atomic mass is 19.1. The molecule has 0 amide bonds. The van der Waals surface area contributed by atoms with Gasteiger partial charge in [0.25, 0.3) is 0 Å². The van der Waals surface area contributed by atoms with Crippen LogP contribution in [0.25, 0.3) is 11.1 Å². The zero-order chi connectivity index (χ0) is 13.3. The van der Waals surface area contributed by atoms with Crippen molar-refractivity contribution >= 4 is 5.82 Å². The molecular weight excluding hydrogens is 229 g/mol.